The molecule has 5 nitrogen and oxygen atoms in total. The third-order valence-corrected chi connectivity index (χ3v) is 5.20. The molecule has 2 amide bonds. The molecule has 2 aliphatic carbocycles. The van der Waals surface area contributed by atoms with Crippen molar-refractivity contribution >= 4 is 11.8 Å². The second kappa shape index (κ2) is 5.02. The van der Waals surface area contributed by atoms with E-state index in [0.29, 0.717) is 18.9 Å². The third-order valence-electron chi connectivity index (χ3n) is 5.20. The summed E-state index contributed by atoms with van der Waals surface area (Å²) in [6.45, 7) is 2.43. The molecule has 3 fully saturated rings. The zero-order valence-corrected chi connectivity index (χ0v) is 12.4. The van der Waals surface area contributed by atoms with Crippen molar-refractivity contribution in [1.29, 1.82) is 0 Å². The van der Waals surface area contributed by atoms with Crippen LogP contribution in [0.4, 0.5) is 0 Å². The molecule has 20 heavy (non-hydrogen) atoms. The van der Waals surface area contributed by atoms with E-state index in [2.05, 4.69) is 5.32 Å². The zero-order valence-electron chi connectivity index (χ0n) is 12.4. The normalized spacial score (nSPS) is 38.8. The molecule has 2 saturated carbocycles. The molecule has 0 spiro atoms. The molecule has 112 valence electrons. The van der Waals surface area contributed by atoms with Crippen molar-refractivity contribution < 1.29 is 14.3 Å². The number of carbonyl (C=O) groups excluding carboxylic acids is 2. The predicted octanol–water partition coefficient (Wildman–Crippen LogP) is 1.07. The second-order valence-corrected chi connectivity index (χ2v) is 6.55. The van der Waals surface area contributed by atoms with Crippen LogP contribution in [0.2, 0.25) is 0 Å². The molecular formula is C15H24N2O3. The summed E-state index contributed by atoms with van der Waals surface area (Å²) >= 11 is 0. The van der Waals surface area contributed by atoms with Crippen molar-refractivity contribution in [2.24, 2.45) is 5.92 Å². The Balaban J connectivity index is 1.86. The van der Waals surface area contributed by atoms with E-state index < -0.39 is 5.54 Å². The van der Waals surface area contributed by atoms with E-state index in [9.17, 15) is 9.59 Å². The first-order valence-corrected chi connectivity index (χ1v) is 7.71. The fourth-order valence-corrected chi connectivity index (χ4v) is 3.82. The SMILES string of the molecule is COC1CCCC1N1CCC(=O)NC(C)(C2CC2)C1=O. The van der Waals surface area contributed by atoms with Gasteiger partial charge in [-0.1, -0.05) is 0 Å². The van der Waals surface area contributed by atoms with E-state index >= 15 is 0 Å². The molecule has 1 aliphatic heterocycles. The maximum absolute atomic E-state index is 13.0. The standard InChI is InChI=1S/C15H24N2O3/c1-15(10-6-7-10)14(19)17(9-8-13(18)16-15)11-4-3-5-12(11)20-2/h10-12H,3-9H2,1-2H3,(H,16,18). The lowest BCUT2D eigenvalue weighted by molar-refractivity contribution is -0.143. The minimum absolute atomic E-state index is 0.00205. The Morgan fingerprint density at radius 1 is 1.25 bits per heavy atom. The number of ether oxygens (including phenoxy) is 1. The molecule has 0 bridgehead atoms. The van der Waals surface area contributed by atoms with Crippen molar-refractivity contribution in [1.82, 2.24) is 10.2 Å². The van der Waals surface area contributed by atoms with Gasteiger partial charge in [0.1, 0.15) is 5.54 Å². The molecule has 3 aliphatic rings. The van der Waals surface area contributed by atoms with Crippen molar-refractivity contribution in [2.45, 2.75) is 63.1 Å². The van der Waals surface area contributed by atoms with Gasteiger partial charge in [0, 0.05) is 20.1 Å². The zero-order chi connectivity index (χ0) is 14.3. The highest BCUT2D eigenvalue weighted by atomic mass is 16.5. The summed E-state index contributed by atoms with van der Waals surface area (Å²) in [5, 5.41) is 2.98. The number of hydrogen-bond acceptors (Lipinski definition) is 3. The van der Waals surface area contributed by atoms with Gasteiger partial charge in [-0.3, -0.25) is 9.59 Å². The molecule has 3 unspecified atom stereocenters. The Bertz CT molecular complexity index is 421. The fourth-order valence-electron chi connectivity index (χ4n) is 3.82. The summed E-state index contributed by atoms with van der Waals surface area (Å²) in [6.07, 6.45) is 5.68. The lowest BCUT2D eigenvalue weighted by atomic mass is 9.93. The molecule has 0 radical (unpaired) electrons. The monoisotopic (exact) mass is 280 g/mol. The lowest BCUT2D eigenvalue weighted by Crippen LogP contribution is -2.59. The number of hydrogen-bond donors (Lipinski definition) is 1. The molecule has 1 N–H and O–H groups in total. The van der Waals surface area contributed by atoms with Crippen LogP contribution in [0.25, 0.3) is 0 Å². The van der Waals surface area contributed by atoms with Gasteiger partial charge in [-0.2, -0.15) is 0 Å². The van der Waals surface area contributed by atoms with Crippen LogP contribution >= 0.6 is 0 Å². The van der Waals surface area contributed by atoms with Gasteiger partial charge in [-0.25, -0.2) is 0 Å². The van der Waals surface area contributed by atoms with Crippen molar-refractivity contribution in [2.75, 3.05) is 13.7 Å². The number of methoxy groups -OCH3 is 1. The molecular weight excluding hydrogens is 256 g/mol. The minimum Gasteiger partial charge on any atom is -0.379 e. The molecule has 0 aromatic heterocycles. The maximum Gasteiger partial charge on any atom is 0.248 e. The van der Waals surface area contributed by atoms with Crippen molar-refractivity contribution in [3.8, 4) is 0 Å². The quantitative estimate of drug-likeness (QED) is 0.841. The van der Waals surface area contributed by atoms with E-state index in [4.69, 9.17) is 4.74 Å². The summed E-state index contributed by atoms with van der Waals surface area (Å²) in [7, 11) is 1.72. The summed E-state index contributed by atoms with van der Waals surface area (Å²) in [5.74, 6) is 0.406. The van der Waals surface area contributed by atoms with E-state index in [1.54, 1.807) is 7.11 Å². The van der Waals surface area contributed by atoms with Gasteiger partial charge >= 0.3 is 0 Å². The van der Waals surface area contributed by atoms with E-state index in [0.717, 1.165) is 32.1 Å². The largest absolute Gasteiger partial charge is 0.379 e. The number of rotatable bonds is 3. The number of amides is 2. The van der Waals surface area contributed by atoms with E-state index in [-0.39, 0.29) is 24.0 Å². The summed E-state index contributed by atoms with van der Waals surface area (Å²) in [6, 6.07) is 0.137. The molecule has 1 heterocycles. The molecule has 3 atom stereocenters. The Morgan fingerprint density at radius 2 is 2.00 bits per heavy atom. The smallest absolute Gasteiger partial charge is 0.248 e. The van der Waals surface area contributed by atoms with Crippen molar-refractivity contribution in [3.63, 3.8) is 0 Å². The first kappa shape index (κ1) is 13.9. The number of nitrogens with one attached hydrogen (secondary N) is 1. The molecule has 5 heteroatoms. The average Bonchev–Trinajstić information content (AvgIpc) is 3.19. The summed E-state index contributed by atoms with van der Waals surface area (Å²) < 4.78 is 5.54. The molecule has 0 aromatic carbocycles. The van der Waals surface area contributed by atoms with Gasteiger partial charge in [-0.15, -0.1) is 0 Å². The molecule has 0 aromatic rings. The predicted molar refractivity (Wildman–Crippen MR) is 74.0 cm³/mol. The minimum atomic E-state index is -0.700. The summed E-state index contributed by atoms with van der Waals surface area (Å²) in [4.78, 5) is 26.9. The van der Waals surface area contributed by atoms with Gasteiger partial charge in [0.05, 0.1) is 12.1 Å². The molecule has 1 saturated heterocycles. The van der Waals surface area contributed by atoms with Crippen LogP contribution in [0, 0.1) is 5.92 Å². The van der Waals surface area contributed by atoms with Crippen LogP contribution in [-0.2, 0) is 14.3 Å². The van der Waals surface area contributed by atoms with E-state index in [1.807, 2.05) is 11.8 Å². The van der Waals surface area contributed by atoms with Crippen LogP contribution in [0.1, 0.15) is 45.4 Å². The number of nitrogens with zero attached hydrogens (tertiary/aromatic N) is 1. The third kappa shape index (κ3) is 2.22. The first-order chi connectivity index (χ1) is 9.56. The van der Waals surface area contributed by atoms with Crippen LogP contribution < -0.4 is 5.32 Å². The highest BCUT2D eigenvalue weighted by Gasteiger charge is 2.53. The molecule has 3 rings (SSSR count). The van der Waals surface area contributed by atoms with Gasteiger partial charge in [0.2, 0.25) is 11.8 Å². The van der Waals surface area contributed by atoms with Gasteiger partial charge in [0.25, 0.3) is 0 Å². The first-order valence-electron chi connectivity index (χ1n) is 7.71. The van der Waals surface area contributed by atoms with Crippen LogP contribution in [0.3, 0.4) is 0 Å². The Morgan fingerprint density at radius 3 is 2.65 bits per heavy atom. The van der Waals surface area contributed by atoms with Gasteiger partial charge in [-0.05, 0) is 44.9 Å². The van der Waals surface area contributed by atoms with Gasteiger partial charge in [0.15, 0.2) is 0 Å². The van der Waals surface area contributed by atoms with E-state index in [1.165, 1.54) is 0 Å². The van der Waals surface area contributed by atoms with Crippen LogP contribution in [-0.4, -0.2) is 48.1 Å². The Kier molecular flexibility index (Phi) is 3.48. The lowest BCUT2D eigenvalue weighted by Gasteiger charge is -2.37. The summed E-state index contributed by atoms with van der Waals surface area (Å²) in [5.41, 5.74) is -0.700. The van der Waals surface area contributed by atoms with Gasteiger partial charge < -0.3 is 15.0 Å². The van der Waals surface area contributed by atoms with Crippen molar-refractivity contribution in [3.05, 3.63) is 0 Å². The number of carbonyl (C=O) groups is 2. The highest BCUT2D eigenvalue weighted by molar-refractivity contribution is 5.94. The second-order valence-electron chi connectivity index (χ2n) is 6.55. The maximum atomic E-state index is 13.0. The Hall–Kier alpha value is -1.10. The van der Waals surface area contributed by atoms with Crippen LogP contribution in [0.15, 0.2) is 0 Å². The highest BCUT2D eigenvalue weighted by Crippen LogP contribution is 2.42. The topological polar surface area (TPSA) is 58.6 Å². The van der Waals surface area contributed by atoms with Crippen LogP contribution in [0.5, 0.6) is 0 Å². The Labute approximate surface area is 120 Å². The average molecular weight is 280 g/mol. The fraction of sp³-hybridized carbons (Fsp3) is 0.867.